The van der Waals surface area contributed by atoms with Gasteiger partial charge in [0.05, 0.1) is 11.9 Å². The quantitative estimate of drug-likeness (QED) is 0.591. The van der Waals surface area contributed by atoms with E-state index in [0.717, 1.165) is 11.3 Å². The predicted octanol–water partition coefficient (Wildman–Crippen LogP) is 0.822. The van der Waals surface area contributed by atoms with Crippen LogP contribution >= 0.6 is 0 Å². The van der Waals surface area contributed by atoms with Crippen LogP contribution in [0.2, 0.25) is 0 Å². The zero-order valence-corrected chi connectivity index (χ0v) is 10.7. The van der Waals surface area contributed by atoms with E-state index in [-0.39, 0.29) is 18.5 Å². The Morgan fingerprint density at radius 1 is 1.42 bits per heavy atom. The van der Waals surface area contributed by atoms with Gasteiger partial charge in [0.2, 0.25) is 0 Å². The number of nitrogens with two attached hydrogens (primary N) is 1. The zero-order chi connectivity index (χ0) is 13.7. The number of aliphatic hydroxyl groups is 1. The monoisotopic (exact) mass is 264 g/mol. The number of aromatic hydroxyl groups is 1. The van der Waals surface area contributed by atoms with Gasteiger partial charge < -0.3 is 20.3 Å². The highest BCUT2D eigenvalue weighted by Gasteiger charge is 2.21. The lowest BCUT2D eigenvalue weighted by molar-refractivity contribution is 0.140. The van der Waals surface area contributed by atoms with Crippen molar-refractivity contribution in [1.82, 2.24) is 5.32 Å². The van der Waals surface area contributed by atoms with Gasteiger partial charge in [-0.05, 0) is 30.2 Å². The Hall–Kier alpha value is -1.56. The molecule has 2 rings (SSSR count). The first-order valence-corrected chi connectivity index (χ1v) is 6.40. The van der Waals surface area contributed by atoms with Crippen LogP contribution in [0.25, 0.3) is 0 Å². The van der Waals surface area contributed by atoms with Gasteiger partial charge in [-0.3, -0.25) is 5.73 Å². The van der Waals surface area contributed by atoms with Gasteiger partial charge >= 0.3 is 0 Å². The maximum atomic E-state index is 9.74. The predicted molar refractivity (Wildman–Crippen MR) is 72.2 cm³/mol. The molecule has 1 aromatic carbocycles. The first kappa shape index (κ1) is 13.9. The number of hydrogen-bond donors (Lipinski definition) is 4. The average Bonchev–Trinajstić information content (AvgIpc) is 2.36. The SMILES string of the molecule is NCOC1=C[C@H](O)C[C@H](NCc2cccc(O)c2)C1. The fourth-order valence-corrected chi connectivity index (χ4v) is 2.27. The number of phenols is 1. The van der Waals surface area contributed by atoms with E-state index in [1.165, 1.54) is 0 Å². The third-order valence-corrected chi connectivity index (χ3v) is 3.13. The van der Waals surface area contributed by atoms with Crippen molar-refractivity contribution in [3.05, 3.63) is 41.7 Å². The molecular formula is C14H20N2O3. The van der Waals surface area contributed by atoms with Gasteiger partial charge in [0, 0.05) is 19.0 Å². The van der Waals surface area contributed by atoms with Crippen molar-refractivity contribution in [3.8, 4) is 5.75 Å². The van der Waals surface area contributed by atoms with E-state index < -0.39 is 6.10 Å². The fourth-order valence-electron chi connectivity index (χ4n) is 2.27. The lowest BCUT2D eigenvalue weighted by Crippen LogP contribution is -2.35. The minimum absolute atomic E-state index is 0.123. The molecule has 0 radical (unpaired) electrons. The Balaban J connectivity index is 1.88. The van der Waals surface area contributed by atoms with E-state index in [2.05, 4.69) is 5.32 Å². The fraction of sp³-hybridized carbons (Fsp3) is 0.429. The molecule has 0 aromatic heterocycles. The summed E-state index contributed by atoms with van der Waals surface area (Å²) >= 11 is 0. The van der Waals surface area contributed by atoms with Crippen molar-refractivity contribution in [3.63, 3.8) is 0 Å². The van der Waals surface area contributed by atoms with Gasteiger partial charge in [-0.15, -0.1) is 0 Å². The zero-order valence-electron chi connectivity index (χ0n) is 10.7. The molecule has 5 nitrogen and oxygen atoms in total. The highest BCUT2D eigenvalue weighted by molar-refractivity contribution is 5.27. The van der Waals surface area contributed by atoms with Crippen LogP contribution < -0.4 is 11.1 Å². The summed E-state index contributed by atoms with van der Waals surface area (Å²) in [5, 5.41) is 22.5. The Kier molecular flexibility index (Phi) is 4.79. The number of benzene rings is 1. The van der Waals surface area contributed by atoms with Gasteiger partial charge in [0.25, 0.3) is 0 Å². The van der Waals surface area contributed by atoms with Gasteiger partial charge in [-0.1, -0.05) is 12.1 Å². The summed E-state index contributed by atoms with van der Waals surface area (Å²) in [5.74, 6) is 0.990. The molecule has 0 aliphatic heterocycles. The van der Waals surface area contributed by atoms with E-state index in [9.17, 15) is 10.2 Å². The summed E-state index contributed by atoms with van der Waals surface area (Å²) < 4.78 is 5.25. The number of rotatable bonds is 5. The maximum Gasteiger partial charge on any atom is 0.136 e. The molecule has 0 saturated heterocycles. The first-order chi connectivity index (χ1) is 9.17. The summed E-state index contributed by atoms with van der Waals surface area (Å²) in [5.41, 5.74) is 6.34. The number of phenolic OH excluding ortho intramolecular Hbond substituents is 1. The van der Waals surface area contributed by atoms with Crippen LogP contribution in [0.15, 0.2) is 36.1 Å². The molecule has 0 amide bonds. The molecule has 19 heavy (non-hydrogen) atoms. The number of hydrogen-bond acceptors (Lipinski definition) is 5. The van der Waals surface area contributed by atoms with Crippen molar-refractivity contribution >= 4 is 0 Å². The number of nitrogens with one attached hydrogen (secondary N) is 1. The Morgan fingerprint density at radius 3 is 3.00 bits per heavy atom. The smallest absolute Gasteiger partial charge is 0.136 e. The standard InChI is InChI=1S/C14H20N2O3/c15-9-19-14-6-11(5-13(18)7-14)16-8-10-2-1-3-12(17)4-10/h1-4,7,11,13,16-18H,5-6,8-9,15H2/t11-,13+/m0/s1. The molecule has 2 atom stereocenters. The maximum absolute atomic E-state index is 9.74. The van der Waals surface area contributed by atoms with Crippen LogP contribution in [0, 0.1) is 0 Å². The highest BCUT2D eigenvalue weighted by Crippen LogP contribution is 2.20. The summed E-state index contributed by atoms with van der Waals surface area (Å²) in [6.45, 7) is 0.763. The molecule has 1 aliphatic carbocycles. The van der Waals surface area contributed by atoms with E-state index >= 15 is 0 Å². The largest absolute Gasteiger partial charge is 0.508 e. The van der Waals surface area contributed by atoms with E-state index in [0.29, 0.717) is 19.4 Å². The van der Waals surface area contributed by atoms with Gasteiger partial charge in [-0.25, -0.2) is 0 Å². The summed E-state index contributed by atoms with van der Waals surface area (Å²) in [7, 11) is 0. The Bertz CT molecular complexity index is 448. The topological polar surface area (TPSA) is 87.7 Å². The molecule has 104 valence electrons. The van der Waals surface area contributed by atoms with Crippen LogP contribution in [0.3, 0.4) is 0 Å². The summed E-state index contributed by atoms with van der Waals surface area (Å²) in [6.07, 6.45) is 2.57. The normalized spacial score (nSPS) is 22.9. The highest BCUT2D eigenvalue weighted by atomic mass is 16.5. The average molecular weight is 264 g/mol. The van der Waals surface area contributed by atoms with Crippen molar-refractivity contribution in [2.45, 2.75) is 31.5 Å². The number of ether oxygens (including phenoxy) is 1. The first-order valence-electron chi connectivity index (χ1n) is 6.40. The van der Waals surface area contributed by atoms with Crippen LogP contribution in [0.5, 0.6) is 5.75 Å². The number of aliphatic hydroxyl groups excluding tert-OH is 1. The van der Waals surface area contributed by atoms with Crippen molar-refractivity contribution in [2.75, 3.05) is 6.73 Å². The third kappa shape index (κ3) is 4.24. The molecule has 0 saturated carbocycles. The molecule has 1 aliphatic rings. The van der Waals surface area contributed by atoms with Crippen LogP contribution in [-0.4, -0.2) is 29.1 Å². The minimum Gasteiger partial charge on any atom is -0.508 e. The van der Waals surface area contributed by atoms with Crippen molar-refractivity contribution < 1.29 is 14.9 Å². The van der Waals surface area contributed by atoms with Gasteiger partial charge in [0.1, 0.15) is 12.5 Å². The summed E-state index contributed by atoms with van der Waals surface area (Å²) in [6, 6.07) is 7.26. The van der Waals surface area contributed by atoms with E-state index in [1.807, 2.05) is 12.1 Å². The molecule has 0 spiro atoms. The molecule has 0 heterocycles. The molecule has 5 N–H and O–H groups in total. The molecule has 0 unspecified atom stereocenters. The molecular weight excluding hydrogens is 244 g/mol. The van der Waals surface area contributed by atoms with Gasteiger partial charge in [-0.2, -0.15) is 0 Å². The third-order valence-electron chi connectivity index (χ3n) is 3.13. The molecule has 0 bridgehead atoms. The lowest BCUT2D eigenvalue weighted by atomic mass is 9.97. The Morgan fingerprint density at radius 2 is 2.26 bits per heavy atom. The Labute approximate surface area is 112 Å². The van der Waals surface area contributed by atoms with Crippen LogP contribution in [-0.2, 0) is 11.3 Å². The molecule has 1 aromatic rings. The van der Waals surface area contributed by atoms with Gasteiger partial charge in [0.15, 0.2) is 0 Å². The second-order valence-corrected chi connectivity index (χ2v) is 4.70. The van der Waals surface area contributed by atoms with E-state index in [1.54, 1.807) is 18.2 Å². The molecule has 0 fully saturated rings. The van der Waals surface area contributed by atoms with E-state index in [4.69, 9.17) is 10.5 Å². The van der Waals surface area contributed by atoms with Crippen LogP contribution in [0.4, 0.5) is 0 Å². The second-order valence-electron chi connectivity index (χ2n) is 4.70. The molecule has 5 heteroatoms. The minimum atomic E-state index is -0.503. The van der Waals surface area contributed by atoms with Crippen molar-refractivity contribution in [1.29, 1.82) is 0 Å². The van der Waals surface area contributed by atoms with Crippen LogP contribution in [0.1, 0.15) is 18.4 Å². The van der Waals surface area contributed by atoms with Crippen molar-refractivity contribution in [2.24, 2.45) is 5.73 Å². The second kappa shape index (κ2) is 6.56. The lowest BCUT2D eigenvalue weighted by Gasteiger charge is -2.26. The summed E-state index contributed by atoms with van der Waals surface area (Å²) in [4.78, 5) is 0.